The van der Waals surface area contributed by atoms with Crippen LogP contribution in [0.1, 0.15) is 25.0 Å². The van der Waals surface area contributed by atoms with Gasteiger partial charge in [0.25, 0.3) is 0 Å². The quantitative estimate of drug-likeness (QED) is 0.753. The molecule has 1 aromatic heterocycles. The van der Waals surface area contributed by atoms with Gasteiger partial charge < -0.3 is 0 Å². The molecule has 2 heterocycles. The third kappa shape index (κ3) is 3.19. The number of nitrogens with zero attached hydrogens (tertiary/aromatic N) is 4. The van der Waals surface area contributed by atoms with Crippen molar-refractivity contribution in [3.63, 3.8) is 0 Å². The van der Waals surface area contributed by atoms with Crippen molar-refractivity contribution < 1.29 is 0 Å². The van der Waals surface area contributed by atoms with Gasteiger partial charge in [-0.2, -0.15) is 0 Å². The molecule has 16 heavy (non-hydrogen) atoms. The Morgan fingerprint density at radius 1 is 1.56 bits per heavy atom. The zero-order chi connectivity index (χ0) is 11.4. The van der Waals surface area contributed by atoms with Gasteiger partial charge in [0.15, 0.2) is 0 Å². The SMILES string of the molecule is Cn1cc(CN2CCCC(CCCl)C2)nn1. The highest BCUT2D eigenvalue weighted by molar-refractivity contribution is 6.17. The van der Waals surface area contributed by atoms with Crippen LogP contribution in [0, 0.1) is 5.92 Å². The van der Waals surface area contributed by atoms with Gasteiger partial charge in [-0.3, -0.25) is 9.58 Å². The number of hydrogen-bond acceptors (Lipinski definition) is 3. The maximum atomic E-state index is 5.80. The van der Waals surface area contributed by atoms with Gasteiger partial charge in [0, 0.05) is 32.2 Å². The molecule has 4 nitrogen and oxygen atoms in total. The molecule has 1 fully saturated rings. The number of aryl methyl sites for hydroxylation is 1. The predicted molar refractivity (Wildman–Crippen MR) is 64.3 cm³/mol. The average molecular weight is 243 g/mol. The first-order valence-electron chi connectivity index (χ1n) is 5.91. The molecule has 0 amide bonds. The van der Waals surface area contributed by atoms with Crippen molar-refractivity contribution in [3.8, 4) is 0 Å². The number of piperidine rings is 1. The molecule has 1 aliphatic heterocycles. The Balaban J connectivity index is 1.85. The van der Waals surface area contributed by atoms with Gasteiger partial charge >= 0.3 is 0 Å². The number of halogens is 1. The third-order valence-corrected chi connectivity index (χ3v) is 3.37. The number of aromatic nitrogens is 3. The molecule has 0 spiro atoms. The summed E-state index contributed by atoms with van der Waals surface area (Å²) in [5.74, 6) is 1.55. The molecule has 0 saturated carbocycles. The molecule has 0 bridgehead atoms. The van der Waals surface area contributed by atoms with E-state index in [-0.39, 0.29) is 0 Å². The fourth-order valence-corrected chi connectivity index (χ4v) is 2.69. The van der Waals surface area contributed by atoms with Gasteiger partial charge in [-0.05, 0) is 31.7 Å². The van der Waals surface area contributed by atoms with Crippen LogP contribution >= 0.6 is 11.6 Å². The van der Waals surface area contributed by atoms with Gasteiger partial charge in [0.1, 0.15) is 0 Å². The summed E-state index contributed by atoms with van der Waals surface area (Å²) in [6.45, 7) is 3.26. The van der Waals surface area contributed by atoms with E-state index < -0.39 is 0 Å². The normalized spacial score (nSPS) is 22.5. The molecule has 0 aliphatic carbocycles. The van der Waals surface area contributed by atoms with Crippen molar-refractivity contribution in [2.75, 3.05) is 19.0 Å². The lowest BCUT2D eigenvalue weighted by Gasteiger charge is -2.31. The molecule has 2 rings (SSSR count). The standard InChI is InChI=1S/C11H19ClN4/c1-15-8-11(13-14-15)9-16-6-2-3-10(7-16)4-5-12/h8,10H,2-7,9H2,1H3. The molecule has 5 heteroatoms. The van der Waals surface area contributed by atoms with Gasteiger partial charge in [0.2, 0.25) is 0 Å². The Kier molecular flexibility index (Phi) is 4.18. The highest BCUT2D eigenvalue weighted by Crippen LogP contribution is 2.21. The van der Waals surface area contributed by atoms with Crippen LogP contribution in [0.4, 0.5) is 0 Å². The van der Waals surface area contributed by atoms with Crippen molar-refractivity contribution in [3.05, 3.63) is 11.9 Å². The van der Waals surface area contributed by atoms with E-state index in [0.717, 1.165) is 37.0 Å². The first-order valence-corrected chi connectivity index (χ1v) is 6.45. The van der Waals surface area contributed by atoms with Crippen molar-refractivity contribution >= 4 is 11.6 Å². The fourth-order valence-electron chi connectivity index (χ4n) is 2.38. The highest BCUT2D eigenvalue weighted by atomic mass is 35.5. The number of rotatable bonds is 4. The minimum Gasteiger partial charge on any atom is -0.297 e. The summed E-state index contributed by atoms with van der Waals surface area (Å²) in [5.41, 5.74) is 1.06. The van der Waals surface area contributed by atoms with E-state index in [9.17, 15) is 0 Å². The van der Waals surface area contributed by atoms with Crippen molar-refractivity contribution in [1.29, 1.82) is 0 Å². The second kappa shape index (κ2) is 5.64. The molecule has 0 radical (unpaired) electrons. The Morgan fingerprint density at radius 2 is 2.44 bits per heavy atom. The van der Waals surface area contributed by atoms with Crippen molar-refractivity contribution in [2.45, 2.75) is 25.8 Å². The topological polar surface area (TPSA) is 34.0 Å². The first-order chi connectivity index (χ1) is 7.78. The minimum absolute atomic E-state index is 0.767. The Labute approximate surface area is 102 Å². The van der Waals surface area contributed by atoms with E-state index >= 15 is 0 Å². The van der Waals surface area contributed by atoms with E-state index in [1.807, 2.05) is 13.2 Å². The van der Waals surface area contributed by atoms with Crippen LogP contribution in [0.15, 0.2) is 6.20 Å². The maximum Gasteiger partial charge on any atom is 0.0967 e. The van der Waals surface area contributed by atoms with Crippen LogP contribution in [-0.2, 0) is 13.6 Å². The van der Waals surface area contributed by atoms with Gasteiger partial charge in [-0.25, -0.2) is 0 Å². The summed E-state index contributed by atoms with van der Waals surface area (Å²) < 4.78 is 1.76. The molecular weight excluding hydrogens is 224 g/mol. The Hall–Kier alpha value is -0.610. The number of hydrogen-bond donors (Lipinski definition) is 0. The lowest BCUT2D eigenvalue weighted by molar-refractivity contribution is 0.163. The average Bonchev–Trinajstić information content (AvgIpc) is 2.65. The summed E-state index contributed by atoms with van der Waals surface area (Å²) in [6.07, 6.45) is 5.73. The second-order valence-corrected chi connectivity index (χ2v) is 4.98. The molecular formula is C11H19ClN4. The van der Waals surface area contributed by atoms with Gasteiger partial charge in [-0.15, -0.1) is 16.7 Å². The molecule has 1 aliphatic rings. The summed E-state index contributed by atoms with van der Waals surface area (Å²) in [6, 6.07) is 0. The van der Waals surface area contributed by atoms with E-state index in [1.165, 1.54) is 19.4 Å². The van der Waals surface area contributed by atoms with Crippen LogP contribution in [-0.4, -0.2) is 38.9 Å². The van der Waals surface area contributed by atoms with Crippen LogP contribution in [0.2, 0.25) is 0 Å². The molecule has 90 valence electrons. The van der Waals surface area contributed by atoms with Crippen LogP contribution in [0.25, 0.3) is 0 Å². The first kappa shape index (κ1) is 11.9. The minimum atomic E-state index is 0.767. The lowest BCUT2D eigenvalue weighted by atomic mass is 9.95. The molecule has 1 unspecified atom stereocenters. The van der Waals surface area contributed by atoms with E-state index in [2.05, 4.69) is 15.2 Å². The largest absolute Gasteiger partial charge is 0.297 e. The fraction of sp³-hybridized carbons (Fsp3) is 0.818. The Morgan fingerprint density at radius 3 is 3.12 bits per heavy atom. The number of alkyl halides is 1. The molecule has 0 aromatic carbocycles. The van der Waals surface area contributed by atoms with Gasteiger partial charge in [-0.1, -0.05) is 5.21 Å². The maximum absolute atomic E-state index is 5.80. The predicted octanol–water partition coefficient (Wildman–Crippen LogP) is 1.66. The van der Waals surface area contributed by atoms with E-state index in [0.29, 0.717) is 0 Å². The van der Waals surface area contributed by atoms with Crippen molar-refractivity contribution in [1.82, 2.24) is 19.9 Å². The second-order valence-electron chi connectivity index (χ2n) is 4.60. The van der Waals surface area contributed by atoms with Crippen LogP contribution < -0.4 is 0 Å². The summed E-state index contributed by atoms with van der Waals surface area (Å²) in [5, 5.41) is 8.08. The molecule has 1 saturated heterocycles. The van der Waals surface area contributed by atoms with Crippen LogP contribution in [0.3, 0.4) is 0 Å². The van der Waals surface area contributed by atoms with Crippen LogP contribution in [0.5, 0.6) is 0 Å². The molecule has 0 N–H and O–H groups in total. The molecule has 1 aromatic rings. The smallest absolute Gasteiger partial charge is 0.0967 e. The summed E-state index contributed by atoms with van der Waals surface area (Å²) >= 11 is 5.80. The Bertz CT molecular complexity index is 324. The van der Waals surface area contributed by atoms with Gasteiger partial charge in [0.05, 0.1) is 5.69 Å². The summed E-state index contributed by atoms with van der Waals surface area (Å²) in [7, 11) is 1.91. The zero-order valence-electron chi connectivity index (χ0n) is 9.77. The van der Waals surface area contributed by atoms with Crippen molar-refractivity contribution in [2.24, 2.45) is 13.0 Å². The number of likely N-dealkylation sites (tertiary alicyclic amines) is 1. The lowest BCUT2D eigenvalue weighted by Crippen LogP contribution is -2.35. The highest BCUT2D eigenvalue weighted by Gasteiger charge is 2.19. The van der Waals surface area contributed by atoms with E-state index in [4.69, 9.17) is 11.6 Å². The van der Waals surface area contributed by atoms with E-state index in [1.54, 1.807) is 4.68 Å². The molecule has 1 atom stereocenters. The zero-order valence-corrected chi connectivity index (χ0v) is 10.5. The monoisotopic (exact) mass is 242 g/mol. The third-order valence-electron chi connectivity index (χ3n) is 3.16. The summed E-state index contributed by atoms with van der Waals surface area (Å²) in [4.78, 5) is 2.46.